The maximum atomic E-state index is 13.4. The van der Waals surface area contributed by atoms with Crippen molar-refractivity contribution in [3.05, 3.63) is 41.7 Å². The van der Waals surface area contributed by atoms with E-state index < -0.39 is 11.9 Å². The Balaban J connectivity index is 1.65. The number of nitrogens with zero attached hydrogens (tertiary/aromatic N) is 3. The van der Waals surface area contributed by atoms with E-state index in [4.69, 9.17) is 19.9 Å². The van der Waals surface area contributed by atoms with E-state index in [0.717, 1.165) is 24.1 Å². The van der Waals surface area contributed by atoms with Gasteiger partial charge in [0, 0.05) is 57.1 Å². The van der Waals surface area contributed by atoms with E-state index in [1.165, 1.54) is 0 Å². The van der Waals surface area contributed by atoms with Crippen molar-refractivity contribution in [1.82, 2.24) is 14.4 Å². The smallest absolute Gasteiger partial charge is 0.308 e. The van der Waals surface area contributed by atoms with Crippen molar-refractivity contribution < 1.29 is 28.9 Å². The number of unbranched alkanes of at least 4 members (excludes halogenated alkanes) is 1. The summed E-state index contributed by atoms with van der Waals surface area (Å²) in [6.07, 6.45) is 5.20. The minimum atomic E-state index is -0.872. The average Bonchev–Trinajstić information content (AvgIpc) is 3.63. The topological polar surface area (TPSA) is 119 Å². The number of amides is 1. The molecule has 1 fully saturated rings. The van der Waals surface area contributed by atoms with Gasteiger partial charge in [0.2, 0.25) is 18.4 Å². The number of methoxy groups -OCH3 is 1. The van der Waals surface area contributed by atoms with E-state index in [1.54, 1.807) is 7.11 Å². The van der Waals surface area contributed by atoms with Crippen molar-refractivity contribution in [3.8, 4) is 17.2 Å². The number of hydrogen-bond acceptors (Lipinski definition) is 7. The highest BCUT2D eigenvalue weighted by Crippen LogP contribution is 2.47. The lowest BCUT2D eigenvalue weighted by molar-refractivity contribution is -0.143. The second-order valence-corrected chi connectivity index (χ2v) is 10.1. The highest BCUT2D eigenvalue weighted by Gasteiger charge is 2.47. The Kier molecular flexibility index (Phi) is 9.17. The molecule has 2 aliphatic rings. The number of nitrogens with two attached hydrogens (primary N) is 1. The number of fused-ring (bicyclic) bond motifs is 1. The third kappa shape index (κ3) is 5.91. The SMILES string of the molecule is CCCCN(CCN)C(=O)CN1C[C@H](c2cc(OC)c3c(c2)OCO3)C(C(=O)O)[C@@H]1CCc1cccn1C. The van der Waals surface area contributed by atoms with Gasteiger partial charge in [0.05, 0.1) is 19.6 Å². The van der Waals surface area contributed by atoms with Gasteiger partial charge in [-0.1, -0.05) is 13.3 Å². The van der Waals surface area contributed by atoms with Crippen molar-refractivity contribution in [1.29, 1.82) is 0 Å². The number of carboxylic acid groups (broad SMARTS) is 1. The monoisotopic (exact) mass is 528 g/mol. The zero-order valence-corrected chi connectivity index (χ0v) is 22.6. The maximum Gasteiger partial charge on any atom is 0.308 e. The lowest BCUT2D eigenvalue weighted by Crippen LogP contribution is -2.45. The highest BCUT2D eigenvalue weighted by molar-refractivity contribution is 5.79. The van der Waals surface area contributed by atoms with Crippen molar-refractivity contribution in [3.63, 3.8) is 0 Å². The van der Waals surface area contributed by atoms with Gasteiger partial charge in [-0.15, -0.1) is 0 Å². The molecule has 3 N–H and O–H groups in total. The molecular formula is C28H40N4O6. The third-order valence-electron chi connectivity index (χ3n) is 7.76. The van der Waals surface area contributed by atoms with Gasteiger partial charge in [0.25, 0.3) is 0 Å². The Bertz CT molecular complexity index is 1120. The number of aromatic nitrogens is 1. The number of aliphatic carboxylic acids is 1. The predicted molar refractivity (Wildman–Crippen MR) is 143 cm³/mol. The summed E-state index contributed by atoms with van der Waals surface area (Å²) in [4.78, 5) is 30.1. The molecule has 2 aliphatic heterocycles. The van der Waals surface area contributed by atoms with Crippen LogP contribution >= 0.6 is 0 Å². The molecule has 3 heterocycles. The summed E-state index contributed by atoms with van der Waals surface area (Å²) in [7, 11) is 3.54. The van der Waals surface area contributed by atoms with Crippen LogP contribution in [0.2, 0.25) is 0 Å². The molecule has 1 unspecified atom stereocenters. The number of likely N-dealkylation sites (tertiary alicyclic amines) is 1. The first-order valence-electron chi connectivity index (χ1n) is 13.4. The lowest BCUT2D eigenvalue weighted by Gasteiger charge is -2.29. The van der Waals surface area contributed by atoms with E-state index in [0.29, 0.717) is 56.3 Å². The molecule has 1 saturated heterocycles. The Morgan fingerprint density at radius 2 is 2.08 bits per heavy atom. The van der Waals surface area contributed by atoms with Crippen molar-refractivity contribution >= 4 is 11.9 Å². The second-order valence-electron chi connectivity index (χ2n) is 10.1. The summed E-state index contributed by atoms with van der Waals surface area (Å²) in [5.74, 6) is -0.340. The molecule has 0 aliphatic carbocycles. The number of benzene rings is 1. The summed E-state index contributed by atoms with van der Waals surface area (Å²) in [5.41, 5.74) is 7.73. The van der Waals surface area contributed by atoms with Crippen molar-refractivity contribution in [2.45, 2.75) is 44.6 Å². The van der Waals surface area contributed by atoms with E-state index in [2.05, 4.69) is 11.8 Å². The molecule has 10 nitrogen and oxygen atoms in total. The molecule has 0 radical (unpaired) electrons. The van der Waals surface area contributed by atoms with Crippen LogP contribution in [-0.4, -0.2) is 84.0 Å². The Morgan fingerprint density at radius 3 is 2.74 bits per heavy atom. The van der Waals surface area contributed by atoms with Gasteiger partial charge in [0.1, 0.15) is 0 Å². The number of carboxylic acids is 1. The Labute approximate surface area is 224 Å². The largest absolute Gasteiger partial charge is 0.493 e. The maximum absolute atomic E-state index is 13.4. The minimum absolute atomic E-state index is 0.0131. The van der Waals surface area contributed by atoms with Crippen LogP contribution in [0.5, 0.6) is 17.2 Å². The number of hydrogen-bond donors (Lipinski definition) is 2. The number of ether oxygens (including phenoxy) is 3. The van der Waals surface area contributed by atoms with Crippen LogP contribution in [0.3, 0.4) is 0 Å². The van der Waals surface area contributed by atoms with E-state index in [1.807, 2.05) is 47.0 Å². The van der Waals surface area contributed by atoms with Gasteiger partial charge in [0.15, 0.2) is 11.5 Å². The molecule has 0 bridgehead atoms. The average molecular weight is 529 g/mol. The van der Waals surface area contributed by atoms with Gasteiger partial charge in [-0.2, -0.15) is 0 Å². The fraction of sp³-hybridized carbons (Fsp3) is 0.571. The summed E-state index contributed by atoms with van der Waals surface area (Å²) in [5, 5.41) is 10.5. The van der Waals surface area contributed by atoms with Crippen LogP contribution in [-0.2, 0) is 23.1 Å². The fourth-order valence-electron chi connectivity index (χ4n) is 5.75. The molecule has 208 valence electrons. The van der Waals surface area contributed by atoms with E-state index in [-0.39, 0.29) is 31.2 Å². The molecular weight excluding hydrogens is 488 g/mol. The fourth-order valence-corrected chi connectivity index (χ4v) is 5.75. The number of carbonyl (C=O) groups is 2. The van der Waals surface area contributed by atoms with Gasteiger partial charge in [-0.05, 0) is 49.1 Å². The second kappa shape index (κ2) is 12.5. The zero-order chi connectivity index (χ0) is 27.2. The highest BCUT2D eigenvalue weighted by atomic mass is 16.7. The number of rotatable bonds is 13. The van der Waals surface area contributed by atoms with Crippen LogP contribution in [0.4, 0.5) is 0 Å². The summed E-state index contributed by atoms with van der Waals surface area (Å²) in [6, 6.07) is 7.41. The molecule has 0 spiro atoms. The third-order valence-corrected chi connectivity index (χ3v) is 7.76. The van der Waals surface area contributed by atoms with E-state index >= 15 is 0 Å². The molecule has 38 heavy (non-hydrogen) atoms. The predicted octanol–water partition coefficient (Wildman–Crippen LogP) is 2.45. The first-order valence-corrected chi connectivity index (χ1v) is 13.4. The first-order chi connectivity index (χ1) is 18.4. The van der Waals surface area contributed by atoms with Gasteiger partial charge in [-0.3, -0.25) is 14.5 Å². The van der Waals surface area contributed by atoms with Crippen LogP contribution in [0.15, 0.2) is 30.5 Å². The molecule has 1 aromatic heterocycles. The zero-order valence-electron chi connectivity index (χ0n) is 22.6. The summed E-state index contributed by atoms with van der Waals surface area (Å²) < 4.78 is 18.8. The molecule has 1 amide bonds. The molecule has 3 atom stereocenters. The van der Waals surface area contributed by atoms with E-state index in [9.17, 15) is 14.7 Å². The lowest BCUT2D eigenvalue weighted by atomic mass is 9.83. The molecule has 4 rings (SSSR count). The molecule has 10 heteroatoms. The van der Waals surface area contributed by atoms with Gasteiger partial charge in [-0.25, -0.2) is 0 Å². The summed E-state index contributed by atoms with van der Waals surface area (Å²) in [6.45, 7) is 4.32. The van der Waals surface area contributed by atoms with Crippen molar-refractivity contribution in [2.24, 2.45) is 18.7 Å². The Hall–Kier alpha value is -3.24. The van der Waals surface area contributed by atoms with Gasteiger partial charge >= 0.3 is 5.97 Å². The molecule has 1 aromatic carbocycles. The van der Waals surface area contributed by atoms with Crippen LogP contribution in [0.1, 0.15) is 43.4 Å². The standard InChI is InChI=1S/C28H40N4O6/c1-4-5-12-31(13-10-29)25(33)17-32-16-21(19-14-23(36-3)27-24(15-19)37-18-38-27)26(28(34)35)22(32)9-8-20-7-6-11-30(20)2/h6-7,11,14-15,21-22,26H,4-5,8-10,12-13,16-18,29H2,1-3H3,(H,34,35)/t21-,22+,26?/m1/s1. The molecule has 0 saturated carbocycles. The van der Waals surface area contributed by atoms with Crippen LogP contribution in [0, 0.1) is 5.92 Å². The number of aryl methyl sites for hydroxylation is 2. The summed E-state index contributed by atoms with van der Waals surface area (Å²) >= 11 is 0. The first kappa shape index (κ1) is 27.8. The minimum Gasteiger partial charge on any atom is -0.493 e. The van der Waals surface area contributed by atoms with Gasteiger partial charge < -0.3 is 34.5 Å². The van der Waals surface area contributed by atoms with Crippen LogP contribution < -0.4 is 19.9 Å². The van der Waals surface area contributed by atoms with Crippen LogP contribution in [0.25, 0.3) is 0 Å². The van der Waals surface area contributed by atoms with Crippen molar-refractivity contribution in [2.75, 3.05) is 46.6 Å². The molecule has 2 aromatic rings. The quantitative estimate of drug-likeness (QED) is 0.407. The number of carbonyl (C=O) groups excluding carboxylic acids is 1. The Morgan fingerprint density at radius 1 is 1.26 bits per heavy atom. The normalized spacial score (nSPS) is 20.6.